The Morgan fingerprint density at radius 1 is 1.42 bits per heavy atom. The van der Waals surface area contributed by atoms with Crippen molar-refractivity contribution in [2.75, 3.05) is 0 Å². The summed E-state index contributed by atoms with van der Waals surface area (Å²) in [5, 5.41) is 12.8. The lowest BCUT2D eigenvalue weighted by molar-refractivity contribution is -0.384. The standard InChI is InChI=1S/C16H13N3O3S2/c1-2-7-18-13-6-5-11(19(21)22)9-14(13)24-16(18)17-15(20)10-12-4-3-8-23-12/h2-6,8-9H,1,7,10H2. The SMILES string of the molecule is C=CCn1c(=NC(=O)Cc2cccs2)sc2cc([N+](=O)[O-])ccc21. The van der Waals surface area contributed by atoms with E-state index in [1.807, 2.05) is 22.1 Å². The van der Waals surface area contributed by atoms with Crippen LogP contribution in [-0.2, 0) is 17.8 Å². The van der Waals surface area contributed by atoms with Gasteiger partial charge in [0.2, 0.25) is 0 Å². The highest BCUT2D eigenvalue weighted by molar-refractivity contribution is 7.16. The Balaban J connectivity index is 2.06. The minimum atomic E-state index is -0.435. The van der Waals surface area contributed by atoms with E-state index in [0.717, 1.165) is 10.4 Å². The number of amides is 1. The number of thiophene rings is 1. The van der Waals surface area contributed by atoms with Gasteiger partial charge >= 0.3 is 0 Å². The highest BCUT2D eigenvalue weighted by Gasteiger charge is 2.12. The number of rotatable bonds is 5. The van der Waals surface area contributed by atoms with Crippen LogP contribution in [0.5, 0.6) is 0 Å². The normalized spacial score (nSPS) is 11.8. The molecule has 0 saturated carbocycles. The first kappa shape index (κ1) is 16.3. The molecule has 6 nitrogen and oxygen atoms in total. The number of fused-ring (bicyclic) bond motifs is 1. The van der Waals surface area contributed by atoms with Gasteiger partial charge < -0.3 is 4.57 Å². The van der Waals surface area contributed by atoms with Crippen LogP contribution in [0.15, 0.2) is 53.4 Å². The summed E-state index contributed by atoms with van der Waals surface area (Å²) < 4.78 is 2.55. The zero-order valence-corrected chi connectivity index (χ0v) is 14.2. The summed E-state index contributed by atoms with van der Waals surface area (Å²) in [5.41, 5.74) is 0.819. The predicted octanol–water partition coefficient (Wildman–Crippen LogP) is 3.53. The second-order valence-electron chi connectivity index (χ2n) is 4.95. The molecule has 0 aliphatic carbocycles. The number of carbonyl (C=O) groups is 1. The molecule has 0 bridgehead atoms. The Bertz CT molecular complexity index is 984. The van der Waals surface area contributed by atoms with E-state index in [4.69, 9.17) is 0 Å². The molecule has 0 atom stereocenters. The molecule has 24 heavy (non-hydrogen) atoms. The van der Waals surface area contributed by atoms with Crippen molar-refractivity contribution >= 4 is 44.5 Å². The summed E-state index contributed by atoms with van der Waals surface area (Å²) in [4.78, 5) is 28.4. The molecule has 2 heterocycles. The number of non-ortho nitro benzene ring substituents is 1. The molecule has 3 rings (SSSR count). The average molecular weight is 359 g/mol. The average Bonchev–Trinajstić information content (AvgIpc) is 3.15. The molecule has 1 aromatic carbocycles. The first-order chi connectivity index (χ1) is 11.6. The Morgan fingerprint density at radius 2 is 2.25 bits per heavy atom. The Kier molecular flexibility index (Phi) is 4.68. The van der Waals surface area contributed by atoms with Gasteiger partial charge in [0.25, 0.3) is 11.6 Å². The zero-order chi connectivity index (χ0) is 17.1. The van der Waals surface area contributed by atoms with Crippen LogP contribution < -0.4 is 4.80 Å². The Hall–Kier alpha value is -2.58. The van der Waals surface area contributed by atoms with Crippen LogP contribution in [0.1, 0.15) is 4.88 Å². The smallest absolute Gasteiger partial charge is 0.270 e. The van der Waals surface area contributed by atoms with Gasteiger partial charge in [-0.25, -0.2) is 0 Å². The van der Waals surface area contributed by atoms with E-state index in [-0.39, 0.29) is 18.0 Å². The van der Waals surface area contributed by atoms with Crippen molar-refractivity contribution in [1.82, 2.24) is 4.57 Å². The first-order valence-corrected chi connectivity index (χ1v) is 8.76. The van der Waals surface area contributed by atoms with Gasteiger partial charge in [0.05, 0.1) is 21.6 Å². The molecule has 0 unspecified atom stereocenters. The monoisotopic (exact) mass is 359 g/mol. The van der Waals surface area contributed by atoms with E-state index in [9.17, 15) is 14.9 Å². The summed E-state index contributed by atoms with van der Waals surface area (Å²) in [7, 11) is 0. The molecule has 1 amide bonds. The van der Waals surface area contributed by atoms with Crippen molar-refractivity contribution in [1.29, 1.82) is 0 Å². The van der Waals surface area contributed by atoms with Crippen LogP contribution in [0.3, 0.4) is 0 Å². The van der Waals surface area contributed by atoms with Crippen LogP contribution in [0, 0.1) is 10.1 Å². The lowest BCUT2D eigenvalue weighted by Gasteiger charge is -2.00. The summed E-state index contributed by atoms with van der Waals surface area (Å²) in [6, 6.07) is 8.42. The number of aromatic nitrogens is 1. The number of carbonyl (C=O) groups excluding carboxylic acids is 1. The van der Waals surface area contributed by atoms with E-state index in [2.05, 4.69) is 11.6 Å². The third kappa shape index (κ3) is 3.34. The van der Waals surface area contributed by atoms with Gasteiger partial charge in [-0.15, -0.1) is 17.9 Å². The van der Waals surface area contributed by atoms with Crippen molar-refractivity contribution in [2.45, 2.75) is 13.0 Å². The number of hydrogen-bond acceptors (Lipinski definition) is 5. The zero-order valence-electron chi connectivity index (χ0n) is 12.5. The molecule has 122 valence electrons. The molecular formula is C16H13N3O3S2. The maximum atomic E-state index is 12.2. The van der Waals surface area contributed by atoms with E-state index < -0.39 is 4.92 Å². The number of thiazole rings is 1. The van der Waals surface area contributed by atoms with E-state index in [1.165, 1.54) is 34.8 Å². The predicted molar refractivity (Wildman–Crippen MR) is 95.3 cm³/mol. The maximum Gasteiger partial charge on any atom is 0.270 e. The van der Waals surface area contributed by atoms with Crippen LogP contribution in [0.2, 0.25) is 0 Å². The molecule has 3 aromatic rings. The lowest BCUT2D eigenvalue weighted by atomic mass is 10.3. The van der Waals surface area contributed by atoms with E-state index in [0.29, 0.717) is 16.0 Å². The van der Waals surface area contributed by atoms with Crippen LogP contribution in [-0.4, -0.2) is 15.4 Å². The van der Waals surface area contributed by atoms with Gasteiger partial charge in [0.15, 0.2) is 4.80 Å². The first-order valence-electron chi connectivity index (χ1n) is 7.07. The van der Waals surface area contributed by atoms with E-state index in [1.54, 1.807) is 12.1 Å². The number of nitro benzene ring substituents is 1. The number of nitrogens with zero attached hydrogens (tertiary/aromatic N) is 3. The third-order valence-electron chi connectivity index (χ3n) is 3.31. The van der Waals surface area contributed by atoms with Crippen molar-refractivity contribution in [3.8, 4) is 0 Å². The fourth-order valence-electron chi connectivity index (χ4n) is 2.27. The van der Waals surface area contributed by atoms with Gasteiger partial charge in [0, 0.05) is 23.6 Å². The van der Waals surface area contributed by atoms with Crippen LogP contribution >= 0.6 is 22.7 Å². The molecule has 2 aromatic heterocycles. The largest absolute Gasteiger partial charge is 0.312 e. The second kappa shape index (κ2) is 6.90. The number of hydrogen-bond donors (Lipinski definition) is 0. The fraction of sp³-hybridized carbons (Fsp3) is 0.125. The lowest BCUT2D eigenvalue weighted by Crippen LogP contribution is -2.16. The Labute approximate surface area is 145 Å². The van der Waals surface area contributed by atoms with Gasteiger partial charge in [-0.3, -0.25) is 14.9 Å². The van der Waals surface area contributed by atoms with Crippen LogP contribution in [0.25, 0.3) is 10.2 Å². The third-order valence-corrected chi connectivity index (χ3v) is 5.23. The number of allylic oxidation sites excluding steroid dienone is 1. The molecule has 0 radical (unpaired) electrons. The number of nitro groups is 1. The highest BCUT2D eigenvalue weighted by atomic mass is 32.1. The van der Waals surface area contributed by atoms with Crippen molar-refractivity contribution in [2.24, 2.45) is 4.99 Å². The maximum absolute atomic E-state index is 12.2. The van der Waals surface area contributed by atoms with Gasteiger partial charge in [-0.2, -0.15) is 4.99 Å². The van der Waals surface area contributed by atoms with Crippen molar-refractivity contribution in [3.63, 3.8) is 0 Å². The van der Waals surface area contributed by atoms with E-state index >= 15 is 0 Å². The van der Waals surface area contributed by atoms with Gasteiger partial charge in [-0.1, -0.05) is 23.5 Å². The Morgan fingerprint density at radius 3 is 2.92 bits per heavy atom. The molecule has 0 fully saturated rings. The number of benzene rings is 1. The minimum absolute atomic E-state index is 0.0194. The topological polar surface area (TPSA) is 77.5 Å². The molecule has 0 N–H and O–H groups in total. The van der Waals surface area contributed by atoms with Gasteiger partial charge in [-0.05, 0) is 17.5 Å². The minimum Gasteiger partial charge on any atom is -0.312 e. The summed E-state index contributed by atoms with van der Waals surface area (Å²) in [6.07, 6.45) is 1.95. The van der Waals surface area contributed by atoms with Gasteiger partial charge in [0.1, 0.15) is 0 Å². The summed E-state index contributed by atoms with van der Waals surface area (Å²) in [5.74, 6) is -0.240. The molecule has 0 aliphatic rings. The molecule has 0 saturated heterocycles. The fourth-order valence-corrected chi connectivity index (χ4v) is 4.06. The molecule has 0 spiro atoms. The second-order valence-corrected chi connectivity index (χ2v) is 7.00. The highest BCUT2D eigenvalue weighted by Crippen LogP contribution is 2.23. The summed E-state index contributed by atoms with van der Waals surface area (Å²) in [6.45, 7) is 4.19. The quantitative estimate of drug-likeness (QED) is 0.397. The van der Waals surface area contributed by atoms with Crippen molar-refractivity contribution < 1.29 is 9.72 Å². The molecule has 0 aliphatic heterocycles. The molecule has 8 heteroatoms. The van der Waals surface area contributed by atoms with Crippen molar-refractivity contribution in [3.05, 3.63) is 68.2 Å². The summed E-state index contributed by atoms with van der Waals surface area (Å²) >= 11 is 2.77. The van der Waals surface area contributed by atoms with Crippen LogP contribution in [0.4, 0.5) is 5.69 Å². The molecular weight excluding hydrogens is 346 g/mol.